The fourth-order valence-electron chi connectivity index (χ4n) is 2.91. The molecule has 15 heavy (non-hydrogen) atoms. The molecule has 86 valence electrons. The van der Waals surface area contributed by atoms with Crippen molar-refractivity contribution >= 4 is 5.91 Å². The highest BCUT2D eigenvalue weighted by atomic mass is 16.1. The average Bonchev–Trinajstić information content (AvgIpc) is 2.70. The van der Waals surface area contributed by atoms with Gasteiger partial charge >= 0.3 is 0 Å². The van der Waals surface area contributed by atoms with Crippen molar-refractivity contribution < 1.29 is 4.79 Å². The lowest BCUT2D eigenvalue weighted by Crippen LogP contribution is -2.52. The summed E-state index contributed by atoms with van der Waals surface area (Å²) in [6, 6.07) is 1.12. The summed E-state index contributed by atoms with van der Waals surface area (Å²) in [5.41, 5.74) is 5.28. The Kier molecular flexibility index (Phi) is 3.59. The van der Waals surface area contributed by atoms with Gasteiger partial charge in [-0.2, -0.15) is 0 Å². The van der Waals surface area contributed by atoms with E-state index in [9.17, 15) is 4.79 Å². The Labute approximate surface area is 91.2 Å². The first-order valence-corrected chi connectivity index (χ1v) is 6.03. The zero-order valence-electron chi connectivity index (χ0n) is 9.24. The van der Waals surface area contributed by atoms with Gasteiger partial charge in [0.25, 0.3) is 0 Å². The molecular weight excluding hydrogens is 190 g/mol. The van der Waals surface area contributed by atoms with Crippen LogP contribution in [-0.4, -0.2) is 42.5 Å². The van der Waals surface area contributed by atoms with Crippen LogP contribution in [0.5, 0.6) is 0 Å². The van der Waals surface area contributed by atoms with E-state index in [1.54, 1.807) is 0 Å². The van der Waals surface area contributed by atoms with Gasteiger partial charge in [0.05, 0.1) is 6.54 Å². The molecule has 4 nitrogen and oxygen atoms in total. The van der Waals surface area contributed by atoms with Gasteiger partial charge in [-0.25, -0.2) is 0 Å². The summed E-state index contributed by atoms with van der Waals surface area (Å²) in [5, 5.41) is 3.54. The molecule has 2 fully saturated rings. The predicted octanol–water partition coefficient (Wildman–Crippen LogP) is 0.0782. The average molecular weight is 211 g/mol. The van der Waals surface area contributed by atoms with Gasteiger partial charge in [0.2, 0.25) is 5.91 Å². The number of piperidine rings is 1. The fourth-order valence-corrected chi connectivity index (χ4v) is 2.91. The predicted molar refractivity (Wildman–Crippen MR) is 59.4 cm³/mol. The zero-order chi connectivity index (χ0) is 10.7. The van der Waals surface area contributed by atoms with Crippen molar-refractivity contribution in [1.29, 1.82) is 0 Å². The second-order valence-electron chi connectivity index (χ2n) is 4.70. The van der Waals surface area contributed by atoms with Crippen LogP contribution in [0, 0.1) is 0 Å². The van der Waals surface area contributed by atoms with Crippen LogP contribution >= 0.6 is 0 Å². The van der Waals surface area contributed by atoms with Crippen molar-refractivity contribution in [2.75, 3.05) is 19.6 Å². The van der Waals surface area contributed by atoms with Crippen LogP contribution in [-0.2, 0) is 4.79 Å². The van der Waals surface area contributed by atoms with Crippen LogP contribution in [0.3, 0.4) is 0 Å². The van der Waals surface area contributed by atoms with Crippen molar-refractivity contribution in [3.8, 4) is 0 Å². The normalized spacial score (nSPS) is 33.1. The van der Waals surface area contributed by atoms with Crippen molar-refractivity contribution in [2.24, 2.45) is 5.73 Å². The lowest BCUT2D eigenvalue weighted by atomic mass is 9.94. The molecule has 2 unspecified atom stereocenters. The molecule has 2 aliphatic heterocycles. The van der Waals surface area contributed by atoms with Crippen LogP contribution in [0.4, 0.5) is 0 Å². The van der Waals surface area contributed by atoms with Crippen LogP contribution in [0.15, 0.2) is 0 Å². The second-order valence-corrected chi connectivity index (χ2v) is 4.70. The van der Waals surface area contributed by atoms with Crippen molar-refractivity contribution in [2.45, 2.75) is 44.2 Å². The number of carbonyl (C=O) groups is 1. The van der Waals surface area contributed by atoms with E-state index in [1.807, 2.05) is 0 Å². The maximum absolute atomic E-state index is 11.0. The van der Waals surface area contributed by atoms with Gasteiger partial charge in [0, 0.05) is 12.1 Å². The first-order chi connectivity index (χ1) is 7.27. The fraction of sp³-hybridized carbons (Fsp3) is 0.909. The van der Waals surface area contributed by atoms with Crippen LogP contribution in [0.1, 0.15) is 32.1 Å². The third-order valence-corrected chi connectivity index (χ3v) is 3.59. The number of nitrogens with zero attached hydrogens (tertiary/aromatic N) is 1. The lowest BCUT2D eigenvalue weighted by molar-refractivity contribution is -0.120. The van der Waals surface area contributed by atoms with Crippen molar-refractivity contribution in [3.05, 3.63) is 0 Å². The van der Waals surface area contributed by atoms with Crippen LogP contribution < -0.4 is 11.1 Å². The molecule has 0 saturated carbocycles. The minimum Gasteiger partial charge on any atom is -0.369 e. The highest BCUT2D eigenvalue weighted by Crippen LogP contribution is 2.23. The molecule has 2 rings (SSSR count). The Hall–Kier alpha value is -0.610. The number of likely N-dealkylation sites (tertiary alicyclic amines) is 1. The molecule has 0 aliphatic carbocycles. The molecule has 0 radical (unpaired) electrons. The third kappa shape index (κ3) is 2.69. The first-order valence-electron chi connectivity index (χ1n) is 6.03. The van der Waals surface area contributed by atoms with Gasteiger partial charge in [-0.15, -0.1) is 0 Å². The van der Waals surface area contributed by atoms with E-state index in [0.29, 0.717) is 18.6 Å². The number of hydrogen-bond donors (Lipinski definition) is 2. The molecule has 0 bridgehead atoms. The SMILES string of the molecule is NC(=O)CN1CCCCC1C1CCCN1. The maximum atomic E-state index is 11.0. The molecule has 2 atom stereocenters. The molecular formula is C11H21N3O. The van der Waals surface area contributed by atoms with Gasteiger partial charge in [-0.3, -0.25) is 9.69 Å². The first kappa shape index (κ1) is 10.9. The van der Waals surface area contributed by atoms with E-state index in [4.69, 9.17) is 5.73 Å². The summed E-state index contributed by atoms with van der Waals surface area (Å²) in [6.07, 6.45) is 6.23. The van der Waals surface area contributed by atoms with E-state index < -0.39 is 0 Å². The molecule has 0 aromatic carbocycles. The quantitative estimate of drug-likeness (QED) is 0.695. The molecule has 0 aromatic heterocycles. The number of amides is 1. The Morgan fingerprint density at radius 3 is 2.87 bits per heavy atom. The molecule has 4 heteroatoms. The van der Waals surface area contributed by atoms with E-state index in [-0.39, 0.29) is 5.91 Å². The van der Waals surface area contributed by atoms with Crippen molar-refractivity contribution in [3.63, 3.8) is 0 Å². The maximum Gasteiger partial charge on any atom is 0.231 e. The molecule has 2 saturated heterocycles. The standard InChI is InChI=1S/C11H21N3O/c12-11(15)8-14-7-2-1-5-10(14)9-4-3-6-13-9/h9-10,13H,1-8H2,(H2,12,15). The molecule has 0 aromatic rings. The number of rotatable bonds is 3. The van der Waals surface area contributed by atoms with E-state index in [1.165, 1.54) is 32.1 Å². The number of primary amides is 1. The second kappa shape index (κ2) is 4.94. The number of nitrogens with one attached hydrogen (secondary N) is 1. The largest absolute Gasteiger partial charge is 0.369 e. The summed E-state index contributed by atoms with van der Waals surface area (Å²) in [4.78, 5) is 13.3. The van der Waals surface area contributed by atoms with Gasteiger partial charge in [-0.05, 0) is 38.8 Å². The summed E-state index contributed by atoms with van der Waals surface area (Å²) < 4.78 is 0. The van der Waals surface area contributed by atoms with Gasteiger partial charge in [0.1, 0.15) is 0 Å². The smallest absolute Gasteiger partial charge is 0.231 e. The van der Waals surface area contributed by atoms with Crippen LogP contribution in [0.2, 0.25) is 0 Å². The summed E-state index contributed by atoms with van der Waals surface area (Å²) in [5.74, 6) is -0.195. The monoisotopic (exact) mass is 211 g/mol. The minimum atomic E-state index is -0.195. The molecule has 0 spiro atoms. The van der Waals surface area contributed by atoms with E-state index in [0.717, 1.165) is 13.1 Å². The Morgan fingerprint density at radius 2 is 2.20 bits per heavy atom. The van der Waals surface area contributed by atoms with Gasteiger partial charge in [0.15, 0.2) is 0 Å². The van der Waals surface area contributed by atoms with Crippen molar-refractivity contribution in [1.82, 2.24) is 10.2 Å². The van der Waals surface area contributed by atoms with E-state index in [2.05, 4.69) is 10.2 Å². The minimum absolute atomic E-state index is 0.195. The van der Waals surface area contributed by atoms with E-state index >= 15 is 0 Å². The molecule has 1 amide bonds. The third-order valence-electron chi connectivity index (χ3n) is 3.59. The lowest BCUT2D eigenvalue weighted by Gasteiger charge is -2.38. The highest BCUT2D eigenvalue weighted by molar-refractivity contribution is 5.76. The van der Waals surface area contributed by atoms with Gasteiger partial charge in [-0.1, -0.05) is 6.42 Å². The zero-order valence-corrected chi connectivity index (χ0v) is 9.24. The Morgan fingerprint density at radius 1 is 1.33 bits per heavy atom. The van der Waals surface area contributed by atoms with Crippen LogP contribution in [0.25, 0.3) is 0 Å². The Balaban J connectivity index is 1.95. The molecule has 2 aliphatic rings. The Bertz CT molecular complexity index is 226. The highest BCUT2D eigenvalue weighted by Gasteiger charge is 2.31. The molecule has 2 heterocycles. The summed E-state index contributed by atoms with van der Waals surface area (Å²) >= 11 is 0. The molecule has 3 N–H and O–H groups in total. The topological polar surface area (TPSA) is 58.4 Å². The number of nitrogens with two attached hydrogens (primary N) is 1. The number of carbonyl (C=O) groups excluding carboxylic acids is 1. The number of hydrogen-bond acceptors (Lipinski definition) is 3. The summed E-state index contributed by atoms with van der Waals surface area (Å²) in [6.45, 7) is 2.60. The summed E-state index contributed by atoms with van der Waals surface area (Å²) in [7, 11) is 0. The van der Waals surface area contributed by atoms with Gasteiger partial charge < -0.3 is 11.1 Å².